The minimum atomic E-state index is -4.41. The maximum absolute atomic E-state index is 12.8. The van der Waals surface area contributed by atoms with Crippen LogP contribution in [0.2, 0.25) is 0 Å². The highest BCUT2D eigenvalue weighted by atomic mass is 19.4. The summed E-state index contributed by atoms with van der Waals surface area (Å²) in [5.74, 6) is 0.440. The van der Waals surface area contributed by atoms with Crippen molar-refractivity contribution < 1.29 is 22.6 Å². The minimum absolute atomic E-state index is 0.00401. The molecule has 1 saturated heterocycles. The van der Waals surface area contributed by atoms with Gasteiger partial charge in [-0.3, -0.25) is 0 Å². The first kappa shape index (κ1) is 14.9. The van der Waals surface area contributed by atoms with Crippen LogP contribution in [0, 0.1) is 5.92 Å². The van der Waals surface area contributed by atoms with E-state index < -0.39 is 11.7 Å². The zero-order valence-electron chi connectivity index (χ0n) is 11.2. The standard InChI is InChI=1S/C13H17F3N2O2/c1-17-11-6-10(13(14,15)16)7-12(18-11)20-8-9-2-4-19-5-3-9/h6-7,9H,2-5,8H2,1H3,(H,17,18). The number of halogens is 3. The minimum Gasteiger partial charge on any atom is -0.477 e. The predicted octanol–water partition coefficient (Wildman–Crippen LogP) is 2.95. The fourth-order valence-electron chi connectivity index (χ4n) is 1.99. The van der Waals surface area contributed by atoms with E-state index in [1.165, 1.54) is 7.05 Å². The second-order valence-electron chi connectivity index (χ2n) is 4.69. The first-order valence-electron chi connectivity index (χ1n) is 6.46. The molecular formula is C13H17F3N2O2. The molecule has 2 rings (SSSR count). The summed E-state index contributed by atoms with van der Waals surface area (Å²) >= 11 is 0. The Kier molecular flexibility index (Phi) is 4.69. The number of anilines is 1. The summed E-state index contributed by atoms with van der Waals surface area (Å²) in [7, 11) is 1.52. The van der Waals surface area contributed by atoms with Gasteiger partial charge in [-0.1, -0.05) is 0 Å². The van der Waals surface area contributed by atoms with Crippen molar-refractivity contribution in [3.05, 3.63) is 17.7 Å². The lowest BCUT2D eigenvalue weighted by molar-refractivity contribution is -0.137. The summed E-state index contributed by atoms with van der Waals surface area (Å²) in [4.78, 5) is 3.99. The lowest BCUT2D eigenvalue weighted by atomic mass is 10.0. The molecule has 0 saturated carbocycles. The monoisotopic (exact) mass is 290 g/mol. The molecule has 2 heterocycles. The van der Waals surface area contributed by atoms with Gasteiger partial charge in [0.05, 0.1) is 12.2 Å². The van der Waals surface area contributed by atoms with E-state index in [0.717, 1.165) is 25.0 Å². The van der Waals surface area contributed by atoms with Crippen molar-refractivity contribution in [2.75, 3.05) is 32.2 Å². The fraction of sp³-hybridized carbons (Fsp3) is 0.615. The number of hydrogen-bond acceptors (Lipinski definition) is 4. The van der Waals surface area contributed by atoms with Gasteiger partial charge in [0.25, 0.3) is 0 Å². The third kappa shape index (κ3) is 4.00. The Morgan fingerprint density at radius 3 is 2.65 bits per heavy atom. The van der Waals surface area contributed by atoms with Gasteiger partial charge in [0.15, 0.2) is 0 Å². The fourth-order valence-corrected chi connectivity index (χ4v) is 1.99. The number of nitrogens with one attached hydrogen (secondary N) is 1. The van der Waals surface area contributed by atoms with Gasteiger partial charge in [0.1, 0.15) is 5.82 Å². The van der Waals surface area contributed by atoms with Gasteiger partial charge in [-0.2, -0.15) is 18.2 Å². The molecule has 0 amide bonds. The summed E-state index contributed by atoms with van der Waals surface area (Å²) in [5.41, 5.74) is -0.765. The predicted molar refractivity (Wildman–Crippen MR) is 67.8 cm³/mol. The molecule has 1 aliphatic heterocycles. The Labute approximate surface area is 115 Å². The smallest absolute Gasteiger partial charge is 0.416 e. The molecule has 0 aromatic carbocycles. The average molecular weight is 290 g/mol. The number of aromatic nitrogens is 1. The first-order valence-corrected chi connectivity index (χ1v) is 6.46. The van der Waals surface area contributed by atoms with Crippen LogP contribution in [0.3, 0.4) is 0 Å². The first-order chi connectivity index (χ1) is 9.49. The van der Waals surface area contributed by atoms with Gasteiger partial charge in [0.2, 0.25) is 5.88 Å². The molecule has 0 atom stereocenters. The van der Waals surface area contributed by atoms with E-state index in [0.29, 0.717) is 25.7 Å². The van der Waals surface area contributed by atoms with Crippen LogP contribution in [0.15, 0.2) is 12.1 Å². The molecule has 0 bridgehead atoms. The Balaban J connectivity index is 2.06. The summed E-state index contributed by atoms with van der Waals surface area (Å²) in [6.45, 7) is 1.71. The van der Waals surface area contributed by atoms with Crippen LogP contribution in [0.1, 0.15) is 18.4 Å². The van der Waals surface area contributed by atoms with Crippen LogP contribution in [-0.4, -0.2) is 31.9 Å². The highest BCUT2D eigenvalue weighted by molar-refractivity contribution is 5.42. The van der Waals surface area contributed by atoms with Gasteiger partial charge in [-0.05, 0) is 24.8 Å². The van der Waals surface area contributed by atoms with E-state index in [4.69, 9.17) is 9.47 Å². The molecule has 1 aromatic rings. The van der Waals surface area contributed by atoms with Crippen molar-refractivity contribution >= 4 is 5.82 Å². The lowest BCUT2D eigenvalue weighted by Gasteiger charge is -2.22. The molecule has 7 heteroatoms. The van der Waals surface area contributed by atoms with E-state index in [9.17, 15) is 13.2 Å². The molecule has 1 fully saturated rings. The van der Waals surface area contributed by atoms with Gasteiger partial charge in [0, 0.05) is 26.3 Å². The van der Waals surface area contributed by atoms with Crippen LogP contribution < -0.4 is 10.1 Å². The van der Waals surface area contributed by atoms with Crippen LogP contribution >= 0.6 is 0 Å². The summed E-state index contributed by atoms with van der Waals surface area (Å²) in [6, 6.07) is 1.89. The topological polar surface area (TPSA) is 43.4 Å². The van der Waals surface area contributed by atoms with Crippen LogP contribution in [0.25, 0.3) is 0 Å². The highest BCUT2D eigenvalue weighted by Gasteiger charge is 2.32. The molecular weight excluding hydrogens is 273 g/mol. The molecule has 112 valence electrons. The van der Waals surface area contributed by atoms with Crippen molar-refractivity contribution in [2.24, 2.45) is 5.92 Å². The van der Waals surface area contributed by atoms with Gasteiger partial charge in [-0.25, -0.2) is 0 Å². The second-order valence-corrected chi connectivity index (χ2v) is 4.69. The van der Waals surface area contributed by atoms with E-state index >= 15 is 0 Å². The van der Waals surface area contributed by atoms with E-state index in [2.05, 4.69) is 10.3 Å². The van der Waals surface area contributed by atoms with Crippen LogP contribution in [0.5, 0.6) is 5.88 Å². The molecule has 0 unspecified atom stereocenters. The van der Waals surface area contributed by atoms with Gasteiger partial charge in [-0.15, -0.1) is 0 Å². The molecule has 1 N–H and O–H groups in total. The molecule has 0 radical (unpaired) electrons. The number of ether oxygens (including phenoxy) is 2. The Bertz CT molecular complexity index is 446. The van der Waals surface area contributed by atoms with Gasteiger partial charge < -0.3 is 14.8 Å². The quantitative estimate of drug-likeness (QED) is 0.926. The van der Waals surface area contributed by atoms with Crippen LogP contribution in [0.4, 0.5) is 19.0 Å². The number of nitrogens with zero attached hydrogens (tertiary/aromatic N) is 1. The Morgan fingerprint density at radius 2 is 2.05 bits per heavy atom. The number of alkyl halides is 3. The van der Waals surface area contributed by atoms with Crippen molar-refractivity contribution in [1.29, 1.82) is 0 Å². The maximum atomic E-state index is 12.8. The SMILES string of the molecule is CNc1cc(C(F)(F)F)cc(OCC2CCOCC2)n1. The lowest BCUT2D eigenvalue weighted by Crippen LogP contribution is -2.22. The van der Waals surface area contributed by atoms with E-state index in [1.807, 2.05) is 0 Å². The van der Waals surface area contributed by atoms with Crippen LogP contribution in [-0.2, 0) is 10.9 Å². The molecule has 0 aliphatic carbocycles. The summed E-state index contributed by atoms with van der Waals surface area (Å²) in [6.07, 6.45) is -2.69. The molecule has 20 heavy (non-hydrogen) atoms. The number of pyridine rings is 1. The summed E-state index contributed by atoms with van der Waals surface area (Å²) in [5, 5.41) is 2.61. The van der Waals surface area contributed by atoms with Crippen molar-refractivity contribution in [2.45, 2.75) is 19.0 Å². The molecule has 1 aromatic heterocycles. The maximum Gasteiger partial charge on any atom is 0.416 e. The van der Waals surface area contributed by atoms with Crippen molar-refractivity contribution in [3.8, 4) is 5.88 Å². The second kappa shape index (κ2) is 6.30. The molecule has 1 aliphatic rings. The summed E-state index contributed by atoms with van der Waals surface area (Å²) < 4.78 is 48.9. The normalized spacial score (nSPS) is 17.0. The van der Waals surface area contributed by atoms with Crippen molar-refractivity contribution in [3.63, 3.8) is 0 Å². The molecule has 4 nitrogen and oxygen atoms in total. The highest BCUT2D eigenvalue weighted by Crippen LogP contribution is 2.32. The van der Waals surface area contributed by atoms with Crippen molar-refractivity contribution in [1.82, 2.24) is 4.98 Å². The Hall–Kier alpha value is -1.50. The van der Waals surface area contributed by atoms with E-state index in [1.54, 1.807) is 0 Å². The number of rotatable bonds is 4. The number of hydrogen-bond donors (Lipinski definition) is 1. The third-order valence-electron chi connectivity index (χ3n) is 3.19. The molecule has 0 spiro atoms. The van der Waals surface area contributed by atoms with E-state index in [-0.39, 0.29) is 11.7 Å². The zero-order valence-corrected chi connectivity index (χ0v) is 11.2. The largest absolute Gasteiger partial charge is 0.477 e. The zero-order chi connectivity index (χ0) is 14.6. The average Bonchev–Trinajstić information content (AvgIpc) is 2.45. The third-order valence-corrected chi connectivity index (χ3v) is 3.19. The van der Waals surface area contributed by atoms with Gasteiger partial charge >= 0.3 is 6.18 Å². The Morgan fingerprint density at radius 1 is 1.35 bits per heavy atom.